The zero-order chi connectivity index (χ0) is 24.3. The number of amides is 2. The maximum absolute atomic E-state index is 13.4. The number of ether oxygens (including phenoxy) is 1. The summed E-state index contributed by atoms with van der Waals surface area (Å²) in [4.78, 5) is 32.8. The van der Waals surface area contributed by atoms with Crippen LogP contribution < -0.4 is 4.74 Å². The fourth-order valence-electron chi connectivity index (χ4n) is 4.92. The number of halogens is 1. The van der Waals surface area contributed by atoms with Crippen LogP contribution in [0.3, 0.4) is 0 Å². The van der Waals surface area contributed by atoms with Gasteiger partial charge in [-0.2, -0.15) is 0 Å². The zero-order valence-electron chi connectivity index (χ0n) is 20.2. The van der Waals surface area contributed by atoms with E-state index in [2.05, 4.69) is 17.1 Å². The molecule has 4 rings (SSSR count). The molecule has 2 amide bonds. The van der Waals surface area contributed by atoms with E-state index in [0.717, 1.165) is 39.0 Å². The Balaban J connectivity index is 1.54. The normalized spacial score (nSPS) is 21.5. The second kappa shape index (κ2) is 10.4. The summed E-state index contributed by atoms with van der Waals surface area (Å²) in [6, 6.07) is 7.27. The summed E-state index contributed by atoms with van der Waals surface area (Å²) in [7, 11) is 2.07. The van der Waals surface area contributed by atoms with E-state index in [1.54, 1.807) is 26.0 Å². The van der Waals surface area contributed by atoms with Gasteiger partial charge in [-0.25, -0.2) is 0 Å². The molecule has 1 atom stereocenters. The summed E-state index contributed by atoms with van der Waals surface area (Å²) in [5.74, 6) is 1.19. The number of carbonyl (C=O) groups excluding carboxylic acids is 2. The van der Waals surface area contributed by atoms with Gasteiger partial charge in [0.15, 0.2) is 0 Å². The van der Waals surface area contributed by atoms with Crippen molar-refractivity contribution in [2.45, 2.75) is 33.1 Å². The first-order valence-electron chi connectivity index (χ1n) is 11.8. The molecule has 0 spiro atoms. The van der Waals surface area contributed by atoms with Gasteiger partial charge < -0.3 is 24.0 Å². The molecule has 2 aromatic rings. The third kappa shape index (κ3) is 5.55. The topological polar surface area (TPSA) is 79.1 Å². The average molecular weight is 489 g/mol. The van der Waals surface area contributed by atoms with Crippen LogP contribution in [0.4, 0.5) is 0 Å². The lowest BCUT2D eigenvalue weighted by molar-refractivity contribution is -0.137. The smallest absolute Gasteiger partial charge is 0.259 e. The molecular weight excluding hydrogens is 456 g/mol. The van der Waals surface area contributed by atoms with Crippen molar-refractivity contribution in [1.82, 2.24) is 19.9 Å². The lowest BCUT2D eigenvalue weighted by atomic mass is 9.77. The minimum absolute atomic E-state index is 0.102. The van der Waals surface area contributed by atoms with E-state index >= 15 is 0 Å². The van der Waals surface area contributed by atoms with E-state index in [9.17, 15) is 9.59 Å². The Labute approximate surface area is 205 Å². The van der Waals surface area contributed by atoms with Crippen molar-refractivity contribution in [2.75, 3.05) is 52.9 Å². The minimum atomic E-state index is -0.490. The number of likely N-dealkylation sites (N-methyl/N-ethyl adjacent to an activating group) is 1. The third-order valence-electron chi connectivity index (χ3n) is 6.92. The standard InChI is InChI=1S/C25H33ClN4O4/c1-18-23(19(2)34-27-18)24(32)30-9-5-8-25(16-30,17-33-21-7-4-6-20(26)14-21)15-22(31)29-12-10-28(3)11-13-29/h4,6-7,14H,5,8-13,15-17H2,1-3H3/t25-/m0/s1. The molecule has 2 saturated heterocycles. The molecule has 1 aromatic carbocycles. The third-order valence-corrected chi connectivity index (χ3v) is 7.15. The fourth-order valence-corrected chi connectivity index (χ4v) is 5.10. The van der Waals surface area contributed by atoms with Crippen LogP contribution in [0.15, 0.2) is 28.8 Å². The molecule has 0 N–H and O–H groups in total. The Morgan fingerprint density at radius 2 is 1.91 bits per heavy atom. The first kappa shape index (κ1) is 24.5. The molecule has 0 unspecified atom stereocenters. The highest BCUT2D eigenvalue weighted by atomic mass is 35.5. The van der Waals surface area contributed by atoms with E-state index in [1.165, 1.54) is 0 Å². The van der Waals surface area contributed by atoms with Gasteiger partial charge in [-0.1, -0.05) is 22.8 Å². The second-order valence-corrected chi connectivity index (χ2v) is 10.1. The molecule has 184 valence electrons. The molecular formula is C25H33ClN4O4. The lowest BCUT2D eigenvalue weighted by Gasteiger charge is -2.43. The number of aromatic nitrogens is 1. The average Bonchev–Trinajstić information content (AvgIpc) is 3.15. The first-order chi connectivity index (χ1) is 16.3. The number of carbonyl (C=O) groups is 2. The Morgan fingerprint density at radius 3 is 2.59 bits per heavy atom. The highest BCUT2D eigenvalue weighted by Gasteiger charge is 2.42. The number of piperidine rings is 1. The number of rotatable bonds is 6. The molecule has 2 fully saturated rings. The number of piperazine rings is 1. The molecule has 0 bridgehead atoms. The molecule has 2 aliphatic rings. The van der Waals surface area contributed by atoms with Crippen LogP contribution in [0.1, 0.15) is 41.1 Å². The van der Waals surface area contributed by atoms with Crippen molar-refractivity contribution in [3.05, 3.63) is 46.3 Å². The van der Waals surface area contributed by atoms with E-state index in [0.29, 0.717) is 53.9 Å². The monoisotopic (exact) mass is 488 g/mol. The van der Waals surface area contributed by atoms with Crippen LogP contribution >= 0.6 is 11.6 Å². The van der Waals surface area contributed by atoms with Crippen molar-refractivity contribution in [1.29, 1.82) is 0 Å². The number of hydrogen-bond acceptors (Lipinski definition) is 6. The Bertz CT molecular complexity index is 1010. The van der Waals surface area contributed by atoms with E-state index < -0.39 is 5.41 Å². The summed E-state index contributed by atoms with van der Waals surface area (Å²) in [6.07, 6.45) is 1.94. The van der Waals surface area contributed by atoms with Gasteiger partial charge in [0, 0.05) is 56.1 Å². The van der Waals surface area contributed by atoms with E-state index in [4.69, 9.17) is 20.9 Å². The van der Waals surface area contributed by atoms with Crippen molar-refractivity contribution >= 4 is 23.4 Å². The lowest BCUT2D eigenvalue weighted by Crippen LogP contribution is -2.53. The highest BCUT2D eigenvalue weighted by Crippen LogP contribution is 2.36. The van der Waals surface area contributed by atoms with Gasteiger partial charge in [0.25, 0.3) is 5.91 Å². The molecule has 3 heterocycles. The van der Waals surface area contributed by atoms with Crippen LogP contribution in [0.5, 0.6) is 5.75 Å². The molecule has 0 aliphatic carbocycles. The van der Waals surface area contributed by atoms with Gasteiger partial charge >= 0.3 is 0 Å². The van der Waals surface area contributed by atoms with Gasteiger partial charge in [0.2, 0.25) is 5.91 Å². The number of nitrogens with zero attached hydrogens (tertiary/aromatic N) is 4. The number of hydrogen-bond donors (Lipinski definition) is 0. The fraction of sp³-hybridized carbons (Fsp3) is 0.560. The van der Waals surface area contributed by atoms with Crippen LogP contribution in [0.2, 0.25) is 5.02 Å². The Hall–Kier alpha value is -2.58. The van der Waals surface area contributed by atoms with Gasteiger partial charge in [-0.3, -0.25) is 9.59 Å². The SMILES string of the molecule is Cc1noc(C)c1C(=O)N1CCC[C@](COc2cccc(Cl)c2)(CC(=O)N2CCN(C)CC2)C1. The summed E-state index contributed by atoms with van der Waals surface area (Å²) >= 11 is 6.14. The van der Waals surface area contributed by atoms with Gasteiger partial charge in [0.05, 0.1) is 12.3 Å². The molecule has 0 radical (unpaired) electrons. The van der Waals surface area contributed by atoms with Gasteiger partial charge in [-0.15, -0.1) is 0 Å². The predicted molar refractivity (Wildman–Crippen MR) is 129 cm³/mol. The number of aryl methyl sites for hydroxylation is 2. The van der Waals surface area contributed by atoms with Gasteiger partial charge in [-0.05, 0) is 51.9 Å². The Kier molecular flexibility index (Phi) is 7.48. The van der Waals surface area contributed by atoms with Crippen LogP contribution in [-0.4, -0.2) is 84.6 Å². The maximum Gasteiger partial charge on any atom is 0.259 e. The number of likely N-dealkylation sites (tertiary alicyclic amines) is 1. The summed E-state index contributed by atoms with van der Waals surface area (Å²) in [5, 5.41) is 4.54. The summed E-state index contributed by atoms with van der Waals surface area (Å²) in [6.45, 7) is 8.12. The number of benzene rings is 1. The zero-order valence-corrected chi connectivity index (χ0v) is 20.9. The van der Waals surface area contributed by atoms with Gasteiger partial charge in [0.1, 0.15) is 17.1 Å². The molecule has 1 aromatic heterocycles. The molecule has 34 heavy (non-hydrogen) atoms. The van der Waals surface area contributed by atoms with Crippen molar-refractivity contribution in [3.63, 3.8) is 0 Å². The molecule has 8 nitrogen and oxygen atoms in total. The van der Waals surface area contributed by atoms with E-state index in [-0.39, 0.29) is 11.8 Å². The minimum Gasteiger partial charge on any atom is -0.493 e. The summed E-state index contributed by atoms with van der Waals surface area (Å²) < 4.78 is 11.4. The Morgan fingerprint density at radius 1 is 1.15 bits per heavy atom. The van der Waals surface area contributed by atoms with Crippen LogP contribution in [0.25, 0.3) is 0 Å². The summed E-state index contributed by atoms with van der Waals surface area (Å²) in [5.41, 5.74) is 0.606. The van der Waals surface area contributed by atoms with Crippen molar-refractivity contribution in [3.8, 4) is 5.75 Å². The van der Waals surface area contributed by atoms with E-state index in [1.807, 2.05) is 21.9 Å². The van der Waals surface area contributed by atoms with Crippen molar-refractivity contribution < 1.29 is 18.8 Å². The maximum atomic E-state index is 13.4. The first-order valence-corrected chi connectivity index (χ1v) is 12.2. The molecule has 0 saturated carbocycles. The quantitative estimate of drug-likeness (QED) is 0.620. The highest BCUT2D eigenvalue weighted by molar-refractivity contribution is 6.30. The predicted octanol–water partition coefficient (Wildman–Crippen LogP) is 3.41. The largest absolute Gasteiger partial charge is 0.493 e. The van der Waals surface area contributed by atoms with Crippen LogP contribution in [0, 0.1) is 19.3 Å². The molecule has 9 heteroatoms. The van der Waals surface area contributed by atoms with Crippen molar-refractivity contribution in [2.24, 2.45) is 5.41 Å². The molecule has 2 aliphatic heterocycles. The second-order valence-electron chi connectivity index (χ2n) is 9.64. The van der Waals surface area contributed by atoms with Crippen LogP contribution in [-0.2, 0) is 4.79 Å².